The second-order valence-electron chi connectivity index (χ2n) is 11.8. The first-order chi connectivity index (χ1) is 12.9. The summed E-state index contributed by atoms with van der Waals surface area (Å²) < 4.78 is 0. The molecule has 0 aromatic carbocycles. The number of hydrogen-bond acceptors (Lipinski definition) is 0. The summed E-state index contributed by atoms with van der Waals surface area (Å²) in [5.74, 6) is 4.62. The molecule has 0 spiro atoms. The molecule has 3 fully saturated rings. The number of rotatable bonds is 5. The molecule has 3 rings (SSSR count). The predicted octanol–water partition coefficient (Wildman–Crippen LogP) is 7.39. The molecule has 3 saturated carbocycles. The fourth-order valence-electron chi connectivity index (χ4n) is 7.60. The Balaban J connectivity index is 1.74. The van der Waals surface area contributed by atoms with Gasteiger partial charge in [-0.1, -0.05) is 71.9 Å². The highest BCUT2D eigenvalue weighted by Gasteiger charge is 2.41. The summed E-state index contributed by atoms with van der Waals surface area (Å²) >= 11 is 0. The Bertz CT molecular complexity index is 457. The fraction of sp³-hybridized carbons (Fsp3) is 1.00. The molecule has 0 N–H and O–H groups in total. The van der Waals surface area contributed by atoms with Crippen molar-refractivity contribution in [3.05, 3.63) is 0 Å². The third kappa shape index (κ3) is 5.60. The normalized spacial score (nSPS) is 44.7. The molecule has 6 unspecified atom stereocenters. The Labute approximate surface area is 173 Å². The van der Waals surface area contributed by atoms with Gasteiger partial charge in [-0.3, -0.25) is 0 Å². The molecule has 3 aliphatic rings. The van der Waals surface area contributed by atoms with Gasteiger partial charge >= 0.3 is 0 Å². The minimum atomic E-state index is 0.372. The summed E-state index contributed by atoms with van der Waals surface area (Å²) in [4.78, 5) is 0. The molecule has 0 heterocycles. The van der Waals surface area contributed by atoms with Gasteiger partial charge in [-0.25, -0.2) is 0 Å². The lowest BCUT2D eigenvalue weighted by atomic mass is 9.64. The molecular formula is C25H44B2. The van der Waals surface area contributed by atoms with Crippen molar-refractivity contribution >= 4 is 15.7 Å². The van der Waals surface area contributed by atoms with Crippen LogP contribution in [0.1, 0.15) is 104 Å². The molecular weight excluding hydrogens is 322 g/mol. The van der Waals surface area contributed by atoms with Crippen molar-refractivity contribution in [2.45, 2.75) is 117 Å². The first-order valence-electron chi connectivity index (χ1n) is 12.3. The fourth-order valence-corrected chi connectivity index (χ4v) is 7.60. The van der Waals surface area contributed by atoms with Crippen LogP contribution in [0.15, 0.2) is 0 Å². The Morgan fingerprint density at radius 1 is 0.667 bits per heavy atom. The van der Waals surface area contributed by atoms with Crippen molar-refractivity contribution in [2.24, 2.45) is 40.4 Å². The molecule has 0 aromatic rings. The van der Waals surface area contributed by atoms with E-state index in [0.29, 0.717) is 10.8 Å². The highest BCUT2D eigenvalue weighted by molar-refractivity contribution is 6.09. The van der Waals surface area contributed by atoms with E-state index in [4.69, 9.17) is 15.7 Å². The van der Waals surface area contributed by atoms with Crippen LogP contribution in [-0.2, 0) is 0 Å². The van der Waals surface area contributed by atoms with Crippen LogP contribution in [0.5, 0.6) is 0 Å². The lowest BCUT2D eigenvalue weighted by Crippen LogP contribution is -2.27. The Morgan fingerprint density at radius 3 is 1.74 bits per heavy atom. The maximum absolute atomic E-state index is 6.40. The van der Waals surface area contributed by atoms with Crippen molar-refractivity contribution in [3.63, 3.8) is 0 Å². The molecule has 150 valence electrons. The van der Waals surface area contributed by atoms with Crippen LogP contribution in [0, 0.1) is 40.4 Å². The summed E-state index contributed by atoms with van der Waals surface area (Å²) in [6.07, 6.45) is 20.3. The zero-order valence-electron chi connectivity index (χ0n) is 18.6. The third-order valence-electron chi connectivity index (χ3n) is 9.02. The summed E-state index contributed by atoms with van der Waals surface area (Å²) in [5, 5.41) is 0. The first-order valence-corrected chi connectivity index (χ1v) is 12.3. The van der Waals surface area contributed by atoms with Gasteiger partial charge in [-0.15, -0.1) is 0 Å². The summed E-state index contributed by atoms with van der Waals surface area (Å²) in [5.41, 5.74) is 0.836. The van der Waals surface area contributed by atoms with Gasteiger partial charge in [0.15, 0.2) is 0 Å². The van der Waals surface area contributed by atoms with E-state index in [0.717, 1.165) is 42.2 Å². The van der Waals surface area contributed by atoms with Gasteiger partial charge in [-0.2, -0.15) is 0 Å². The van der Waals surface area contributed by atoms with Gasteiger partial charge in [0.25, 0.3) is 0 Å². The molecule has 2 heteroatoms. The second kappa shape index (κ2) is 9.30. The van der Waals surface area contributed by atoms with E-state index < -0.39 is 0 Å². The summed E-state index contributed by atoms with van der Waals surface area (Å²) in [7, 11) is 12.4. The molecule has 0 aliphatic heterocycles. The van der Waals surface area contributed by atoms with Gasteiger partial charge in [0.1, 0.15) is 0 Å². The standard InChI is InChI=1S/C25H44B2/c1-19-8-9-22(15-24(2,14-19)12-13-26)23-11-10-21(20-6-4-5-7-20)16-25(3,17-23)18-27/h19-23H,4-18H2,1-3H3. The van der Waals surface area contributed by atoms with E-state index >= 15 is 0 Å². The van der Waals surface area contributed by atoms with E-state index in [-0.39, 0.29) is 0 Å². The average molecular weight is 366 g/mol. The van der Waals surface area contributed by atoms with Gasteiger partial charge in [0.05, 0.1) is 15.7 Å². The quantitative estimate of drug-likeness (QED) is 0.352. The Hall–Kier alpha value is 0.130. The highest BCUT2D eigenvalue weighted by Crippen LogP contribution is 2.53. The smallest absolute Gasteiger partial charge is 0.0660 e. The predicted molar refractivity (Wildman–Crippen MR) is 120 cm³/mol. The van der Waals surface area contributed by atoms with Crippen LogP contribution in [0.2, 0.25) is 12.6 Å². The zero-order valence-corrected chi connectivity index (χ0v) is 18.6. The lowest BCUT2D eigenvalue weighted by Gasteiger charge is -2.38. The van der Waals surface area contributed by atoms with Crippen molar-refractivity contribution in [2.75, 3.05) is 0 Å². The molecule has 4 radical (unpaired) electrons. The first kappa shape index (κ1) is 21.8. The molecule has 0 amide bonds. The minimum absolute atomic E-state index is 0.372. The maximum Gasteiger partial charge on any atom is 0.0660 e. The highest BCUT2D eigenvalue weighted by atomic mass is 14.5. The van der Waals surface area contributed by atoms with Crippen LogP contribution in [0.4, 0.5) is 0 Å². The average Bonchev–Trinajstić information content (AvgIpc) is 3.03. The van der Waals surface area contributed by atoms with Gasteiger partial charge < -0.3 is 0 Å². The number of hydrogen-bond donors (Lipinski definition) is 0. The van der Waals surface area contributed by atoms with Crippen LogP contribution < -0.4 is 0 Å². The lowest BCUT2D eigenvalue weighted by molar-refractivity contribution is 0.142. The van der Waals surface area contributed by atoms with Crippen LogP contribution in [-0.4, -0.2) is 15.7 Å². The van der Waals surface area contributed by atoms with E-state index in [1.807, 2.05) is 0 Å². The molecule has 0 bridgehead atoms. The van der Waals surface area contributed by atoms with Gasteiger partial charge in [0.2, 0.25) is 0 Å². The molecule has 0 nitrogen and oxygen atoms in total. The Kier molecular flexibility index (Phi) is 7.52. The van der Waals surface area contributed by atoms with Gasteiger partial charge in [0, 0.05) is 0 Å². The summed E-state index contributed by atoms with van der Waals surface area (Å²) in [6.45, 7) is 7.53. The SMILES string of the molecule is [B]CCC1(C)CC(C)CCC(C2CCC(C3CCCC3)CC(C)(C[B])C2)C1. The molecule has 27 heavy (non-hydrogen) atoms. The maximum atomic E-state index is 6.40. The van der Waals surface area contributed by atoms with E-state index in [1.165, 1.54) is 83.5 Å². The van der Waals surface area contributed by atoms with Crippen molar-refractivity contribution in [1.82, 2.24) is 0 Å². The van der Waals surface area contributed by atoms with E-state index in [9.17, 15) is 0 Å². The van der Waals surface area contributed by atoms with Crippen LogP contribution in [0.25, 0.3) is 0 Å². The van der Waals surface area contributed by atoms with Crippen LogP contribution >= 0.6 is 0 Å². The summed E-state index contributed by atoms with van der Waals surface area (Å²) in [6, 6.07) is 0. The van der Waals surface area contributed by atoms with E-state index in [1.54, 1.807) is 0 Å². The zero-order chi connectivity index (χ0) is 19.5. The monoisotopic (exact) mass is 366 g/mol. The van der Waals surface area contributed by atoms with Crippen molar-refractivity contribution in [1.29, 1.82) is 0 Å². The Morgan fingerprint density at radius 2 is 1.19 bits per heavy atom. The topological polar surface area (TPSA) is 0 Å². The molecule has 0 saturated heterocycles. The van der Waals surface area contributed by atoms with Gasteiger partial charge in [-0.05, 0) is 85.4 Å². The second-order valence-corrected chi connectivity index (χ2v) is 11.8. The van der Waals surface area contributed by atoms with Crippen molar-refractivity contribution in [3.8, 4) is 0 Å². The molecule has 3 aliphatic carbocycles. The van der Waals surface area contributed by atoms with Crippen molar-refractivity contribution < 1.29 is 0 Å². The molecule has 6 atom stereocenters. The minimum Gasteiger partial charge on any atom is -0.0882 e. The van der Waals surface area contributed by atoms with E-state index in [2.05, 4.69) is 20.8 Å². The largest absolute Gasteiger partial charge is 0.0882 e. The molecule has 0 aromatic heterocycles. The third-order valence-corrected chi connectivity index (χ3v) is 9.02. The van der Waals surface area contributed by atoms with Crippen LogP contribution in [0.3, 0.4) is 0 Å².